The van der Waals surface area contributed by atoms with Gasteiger partial charge in [0, 0.05) is 0 Å². The normalized spacial score (nSPS) is 34.5. The molecule has 0 heterocycles. The molecular formula is C16H36. The lowest BCUT2D eigenvalue weighted by Gasteiger charge is -2.05. The van der Waals surface area contributed by atoms with Gasteiger partial charge in [-0.1, -0.05) is 74.7 Å². The van der Waals surface area contributed by atoms with Crippen molar-refractivity contribution in [2.24, 2.45) is 23.7 Å². The molecule has 4 atom stereocenters. The fourth-order valence-corrected chi connectivity index (χ4v) is 1.84. The highest BCUT2D eigenvalue weighted by molar-refractivity contribution is 4.76. The van der Waals surface area contributed by atoms with E-state index in [-0.39, 0.29) is 0 Å². The predicted octanol–water partition coefficient (Wildman–Crippen LogP) is 6.16. The van der Waals surface area contributed by atoms with Crippen LogP contribution >= 0.6 is 0 Å². The highest BCUT2D eigenvalue weighted by atomic mass is 14.3. The molecule has 2 fully saturated rings. The van der Waals surface area contributed by atoms with Crippen molar-refractivity contribution < 1.29 is 0 Å². The van der Waals surface area contributed by atoms with Crippen LogP contribution in [0.15, 0.2) is 0 Å². The molecule has 0 heteroatoms. The molecule has 0 bridgehead atoms. The maximum absolute atomic E-state index is 2.36. The highest BCUT2D eigenvalue weighted by Crippen LogP contribution is 2.36. The first-order valence-corrected chi connectivity index (χ1v) is 7.61. The van der Waals surface area contributed by atoms with Crippen LogP contribution in [0.4, 0.5) is 0 Å². The molecule has 0 nitrogen and oxygen atoms in total. The first-order valence-electron chi connectivity index (χ1n) is 7.61. The lowest BCUT2D eigenvalue weighted by atomic mass is 10.0. The summed E-state index contributed by atoms with van der Waals surface area (Å²) in [5.74, 6) is 4.13. The van der Waals surface area contributed by atoms with Crippen molar-refractivity contribution in [3.8, 4) is 0 Å². The van der Waals surface area contributed by atoms with Crippen molar-refractivity contribution >= 4 is 0 Å². The van der Waals surface area contributed by atoms with Crippen molar-refractivity contribution in [2.75, 3.05) is 0 Å². The van der Waals surface area contributed by atoms with Crippen LogP contribution in [0.5, 0.6) is 0 Å². The van der Waals surface area contributed by atoms with Crippen LogP contribution in [0.2, 0.25) is 0 Å². The summed E-state index contributed by atoms with van der Waals surface area (Å²) in [4.78, 5) is 0. The summed E-state index contributed by atoms with van der Waals surface area (Å²) in [7, 11) is 0. The van der Waals surface area contributed by atoms with Crippen molar-refractivity contribution in [1.29, 1.82) is 0 Å². The van der Waals surface area contributed by atoms with Gasteiger partial charge < -0.3 is 0 Å². The molecule has 0 aromatic carbocycles. The zero-order valence-electron chi connectivity index (χ0n) is 13.1. The van der Waals surface area contributed by atoms with Crippen LogP contribution < -0.4 is 0 Å². The van der Waals surface area contributed by atoms with Crippen LogP contribution in [0, 0.1) is 23.7 Å². The largest absolute Gasteiger partial charge is 0.0683 e. The fourth-order valence-electron chi connectivity index (χ4n) is 1.84. The smallest absolute Gasteiger partial charge is 0.0414 e. The second-order valence-corrected chi connectivity index (χ2v) is 5.08. The Hall–Kier alpha value is 0. The first-order chi connectivity index (χ1) is 7.61. The average molecular weight is 228 g/mol. The summed E-state index contributed by atoms with van der Waals surface area (Å²) < 4.78 is 0. The van der Waals surface area contributed by atoms with Gasteiger partial charge in [0.05, 0.1) is 0 Å². The van der Waals surface area contributed by atoms with E-state index in [1.54, 1.807) is 0 Å². The van der Waals surface area contributed by atoms with Crippen LogP contribution in [0.1, 0.15) is 81.1 Å². The van der Waals surface area contributed by atoms with Gasteiger partial charge in [0.15, 0.2) is 0 Å². The SMILES string of the molecule is CC.CC.CC1CC1C.CC1CCCC1C. The van der Waals surface area contributed by atoms with Gasteiger partial charge in [-0.25, -0.2) is 0 Å². The Morgan fingerprint density at radius 3 is 0.875 bits per heavy atom. The summed E-state index contributed by atoms with van der Waals surface area (Å²) in [5, 5.41) is 0. The van der Waals surface area contributed by atoms with E-state index in [0.717, 1.165) is 23.7 Å². The standard InChI is InChI=1S/C7H14.C5H10.2C2H6/c1-6-4-3-5-7(6)2;1-4-3-5(4)2;2*1-2/h6-7H,3-5H2,1-2H3;4-5H,3H2,1-2H3;2*1-2H3. The van der Waals surface area contributed by atoms with E-state index in [1.807, 2.05) is 27.7 Å². The maximum Gasteiger partial charge on any atom is -0.0414 e. The van der Waals surface area contributed by atoms with Gasteiger partial charge in [-0.3, -0.25) is 0 Å². The molecule has 0 saturated heterocycles. The van der Waals surface area contributed by atoms with Gasteiger partial charge >= 0.3 is 0 Å². The molecule has 2 rings (SSSR count). The lowest BCUT2D eigenvalue weighted by molar-refractivity contribution is 0.457. The van der Waals surface area contributed by atoms with Crippen molar-refractivity contribution in [1.82, 2.24) is 0 Å². The second kappa shape index (κ2) is 11.5. The summed E-state index contributed by atoms with van der Waals surface area (Å²) >= 11 is 0. The third-order valence-corrected chi connectivity index (χ3v) is 3.80. The Bertz CT molecular complexity index is 114. The van der Waals surface area contributed by atoms with E-state index in [9.17, 15) is 0 Å². The van der Waals surface area contributed by atoms with Gasteiger partial charge in [0.2, 0.25) is 0 Å². The number of hydrogen-bond acceptors (Lipinski definition) is 0. The molecule has 2 aliphatic carbocycles. The van der Waals surface area contributed by atoms with E-state index in [4.69, 9.17) is 0 Å². The van der Waals surface area contributed by atoms with Gasteiger partial charge in [-0.15, -0.1) is 0 Å². The topological polar surface area (TPSA) is 0 Å². The molecule has 0 N–H and O–H groups in total. The molecular weight excluding hydrogens is 192 g/mol. The van der Waals surface area contributed by atoms with E-state index in [0.29, 0.717) is 0 Å². The van der Waals surface area contributed by atoms with E-state index >= 15 is 0 Å². The first kappa shape index (κ1) is 18.4. The minimum absolute atomic E-state index is 1.01. The third-order valence-electron chi connectivity index (χ3n) is 3.80. The Morgan fingerprint density at radius 2 is 0.812 bits per heavy atom. The molecule has 2 saturated carbocycles. The van der Waals surface area contributed by atoms with E-state index < -0.39 is 0 Å². The third kappa shape index (κ3) is 9.24. The minimum atomic E-state index is 1.01. The van der Waals surface area contributed by atoms with E-state index in [2.05, 4.69) is 27.7 Å². The summed E-state index contributed by atoms with van der Waals surface area (Å²) in [6.45, 7) is 17.3. The predicted molar refractivity (Wildman–Crippen MR) is 77.8 cm³/mol. The molecule has 100 valence electrons. The van der Waals surface area contributed by atoms with Crippen LogP contribution in [0.25, 0.3) is 0 Å². The average Bonchev–Trinajstić information content (AvgIpc) is 2.82. The maximum atomic E-state index is 2.36. The van der Waals surface area contributed by atoms with Crippen molar-refractivity contribution in [3.63, 3.8) is 0 Å². The minimum Gasteiger partial charge on any atom is -0.0683 e. The van der Waals surface area contributed by atoms with Gasteiger partial charge in [-0.2, -0.15) is 0 Å². The van der Waals surface area contributed by atoms with Crippen molar-refractivity contribution in [3.05, 3.63) is 0 Å². The molecule has 16 heavy (non-hydrogen) atoms. The lowest BCUT2D eigenvalue weighted by Crippen LogP contribution is -1.95. The molecule has 0 aromatic heterocycles. The molecule has 0 spiro atoms. The Balaban J connectivity index is 0. The quantitative estimate of drug-likeness (QED) is 0.466. The number of rotatable bonds is 0. The summed E-state index contributed by atoms with van der Waals surface area (Å²) in [6, 6.07) is 0. The van der Waals surface area contributed by atoms with Gasteiger partial charge in [-0.05, 0) is 30.1 Å². The van der Waals surface area contributed by atoms with Crippen molar-refractivity contribution in [2.45, 2.75) is 81.1 Å². The molecule has 0 aromatic rings. The highest BCUT2D eigenvalue weighted by Gasteiger charge is 2.26. The van der Waals surface area contributed by atoms with Gasteiger partial charge in [0.1, 0.15) is 0 Å². The molecule has 0 amide bonds. The second-order valence-electron chi connectivity index (χ2n) is 5.08. The monoisotopic (exact) mass is 228 g/mol. The number of hydrogen-bond donors (Lipinski definition) is 0. The van der Waals surface area contributed by atoms with Crippen LogP contribution in [0.3, 0.4) is 0 Å². The van der Waals surface area contributed by atoms with Crippen LogP contribution in [-0.2, 0) is 0 Å². The zero-order chi connectivity index (χ0) is 13.1. The molecule has 4 unspecified atom stereocenters. The Kier molecular flexibility index (Phi) is 13.2. The Labute approximate surface area is 105 Å². The zero-order valence-corrected chi connectivity index (χ0v) is 13.1. The molecule has 2 aliphatic rings. The Morgan fingerprint density at radius 1 is 0.562 bits per heavy atom. The van der Waals surface area contributed by atoms with E-state index in [1.165, 1.54) is 25.7 Å². The fraction of sp³-hybridized carbons (Fsp3) is 1.00. The summed E-state index contributed by atoms with van der Waals surface area (Å²) in [5.41, 5.74) is 0. The van der Waals surface area contributed by atoms with Crippen LogP contribution in [-0.4, -0.2) is 0 Å². The molecule has 0 aliphatic heterocycles. The van der Waals surface area contributed by atoms with Gasteiger partial charge in [0.25, 0.3) is 0 Å². The molecule has 0 radical (unpaired) electrons. The summed E-state index contributed by atoms with van der Waals surface area (Å²) in [6.07, 6.45) is 5.89.